The smallest absolute Gasteiger partial charge is 0.155 e. The Hall–Kier alpha value is 0.230. The average molecular weight is 194 g/mol. The van der Waals surface area contributed by atoms with Gasteiger partial charge in [0.1, 0.15) is 0 Å². The summed E-state index contributed by atoms with van der Waals surface area (Å²) in [4.78, 5) is 0. The first kappa shape index (κ1) is 12.2. The van der Waals surface area contributed by atoms with Crippen LogP contribution in [0.25, 0.3) is 0 Å². The van der Waals surface area contributed by atoms with Crippen molar-refractivity contribution in [1.29, 1.82) is 0 Å². The van der Waals surface area contributed by atoms with Crippen LogP contribution >= 0.6 is 12.6 Å². The Morgan fingerprint density at radius 3 is 2.33 bits per heavy atom. The maximum absolute atomic E-state index is 8.63. The lowest BCUT2D eigenvalue weighted by atomic mass is 10.4. The third-order valence-electron chi connectivity index (χ3n) is 1.20. The van der Waals surface area contributed by atoms with Gasteiger partial charge in [0, 0.05) is 5.25 Å². The molecule has 0 rings (SSSR count). The Morgan fingerprint density at radius 2 is 1.92 bits per heavy atom. The summed E-state index contributed by atoms with van der Waals surface area (Å²) in [6, 6.07) is 0. The number of hydrogen-bond acceptors (Lipinski definition) is 4. The third-order valence-corrected chi connectivity index (χ3v) is 1.51. The summed E-state index contributed by atoms with van der Waals surface area (Å²) in [6.45, 7) is 6.16. The second-order valence-corrected chi connectivity index (χ2v) is 3.65. The van der Waals surface area contributed by atoms with E-state index in [0.29, 0.717) is 6.61 Å². The fourth-order valence-corrected chi connectivity index (χ4v) is 0.808. The van der Waals surface area contributed by atoms with Crippen LogP contribution in [0, 0.1) is 0 Å². The van der Waals surface area contributed by atoms with Crippen LogP contribution in [0.1, 0.15) is 20.8 Å². The quantitative estimate of drug-likeness (QED) is 0.490. The van der Waals surface area contributed by atoms with Crippen molar-refractivity contribution in [3.8, 4) is 0 Å². The summed E-state index contributed by atoms with van der Waals surface area (Å²) in [6.07, 6.45) is -0.0707. The zero-order valence-corrected chi connectivity index (χ0v) is 8.75. The van der Waals surface area contributed by atoms with E-state index in [2.05, 4.69) is 12.6 Å². The first-order chi connectivity index (χ1) is 5.56. The van der Waals surface area contributed by atoms with Gasteiger partial charge in [0.2, 0.25) is 0 Å². The summed E-state index contributed by atoms with van der Waals surface area (Å²) in [5.74, 6) is 0. The molecule has 0 aromatic rings. The van der Waals surface area contributed by atoms with Gasteiger partial charge in [-0.15, -0.1) is 0 Å². The van der Waals surface area contributed by atoms with Gasteiger partial charge in [-0.1, -0.05) is 0 Å². The molecule has 0 radical (unpaired) electrons. The number of thiol groups is 1. The summed E-state index contributed by atoms with van der Waals surface area (Å²) in [5.41, 5.74) is 0. The molecule has 0 fully saturated rings. The molecular weight excluding hydrogens is 176 g/mol. The molecule has 12 heavy (non-hydrogen) atoms. The highest BCUT2D eigenvalue weighted by Gasteiger charge is 2.07. The van der Waals surface area contributed by atoms with Gasteiger partial charge >= 0.3 is 0 Å². The van der Waals surface area contributed by atoms with Gasteiger partial charge in [0.25, 0.3) is 0 Å². The summed E-state index contributed by atoms with van der Waals surface area (Å²) in [7, 11) is 0. The molecule has 4 heteroatoms. The van der Waals surface area contributed by atoms with Gasteiger partial charge < -0.3 is 14.6 Å². The van der Waals surface area contributed by atoms with E-state index in [1.54, 1.807) is 0 Å². The van der Waals surface area contributed by atoms with Crippen molar-refractivity contribution < 1.29 is 14.6 Å². The molecule has 0 aliphatic heterocycles. The molecular formula is C8H18O3S. The number of hydrogen-bond donors (Lipinski definition) is 2. The van der Waals surface area contributed by atoms with E-state index in [9.17, 15) is 0 Å². The van der Waals surface area contributed by atoms with Gasteiger partial charge in [0.15, 0.2) is 6.29 Å². The van der Waals surface area contributed by atoms with Crippen LogP contribution in [0.4, 0.5) is 0 Å². The molecule has 0 aliphatic carbocycles. The number of aliphatic hydroxyl groups excluding tert-OH is 1. The molecule has 0 amide bonds. The van der Waals surface area contributed by atoms with E-state index < -0.39 is 0 Å². The summed E-state index contributed by atoms with van der Waals surface area (Å²) >= 11 is 4.06. The van der Waals surface area contributed by atoms with Crippen molar-refractivity contribution in [2.24, 2.45) is 0 Å². The molecule has 0 spiro atoms. The minimum atomic E-state index is -0.230. The molecule has 74 valence electrons. The Morgan fingerprint density at radius 1 is 1.33 bits per heavy atom. The predicted octanol–water partition coefficient (Wildman–Crippen LogP) is 1.06. The molecule has 0 bridgehead atoms. The molecule has 1 N–H and O–H groups in total. The lowest BCUT2D eigenvalue weighted by molar-refractivity contribution is -0.151. The van der Waals surface area contributed by atoms with Crippen LogP contribution in [-0.2, 0) is 9.47 Å². The highest BCUT2D eigenvalue weighted by Crippen LogP contribution is 2.02. The third kappa shape index (κ3) is 6.91. The lowest BCUT2D eigenvalue weighted by Crippen LogP contribution is -2.23. The molecule has 0 saturated carbocycles. The van der Waals surface area contributed by atoms with Crippen molar-refractivity contribution in [1.82, 2.24) is 0 Å². The van der Waals surface area contributed by atoms with Crippen molar-refractivity contribution >= 4 is 12.6 Å². The fraction of sp³-hybridized carbons (Fsp3) is 1.00. The van der Waals surface area contributed by atoms with Crippen LogP contribution in [0.2, 0.25) is 0 Å². The van der Waals surface area contributed by atoms with E-state index in [4.69, 9.17) is 14.6 Å². The molecule has 0 aromatic carbocycles. The number of ether oxygens (including phenoxy) is 2. The van der Waals surface area contributed by atoms with Gasteiger partial charge in [-0.25, -0.2) is 0 Å². The van der Waals surface area contributed by atoms with Crippen molar-refractivity contribution in [3.05, 3.63) is 0 Å². The van der Waals surface area contributed by atoms with Crippen molar-refractivity contribution in [2.75, 3.05) is 13.2 Å². The van der Waals surface area contributed by atoms with Crippen LogP contribution in [0.15, 0.2) is 0 Å². The zero-order valence-electron chi connectivity index (χ0n) is 7.86. The molecule has 0 saturated heterocycles. The molecule has 0 aliphatic rings. The standard InChI is InChI=1S/C8H18O3S/c1-6(2)11-7(3)10-5-8(12)4-9/h6-9,12H,4-5H2,1-3H3. The van der Waals surface area contributed by atoms with Crippen molar-refractivity contribution in [3.63, 3.8) is 0 Å². The normalized spacial score (nSPS) is 16.5. The van der Waals surface area contributed by atoms with Crippen LogP contribution in [-0.4, -0.2) is 36.0 Å². The van der Waals surface area contributed by atoms with Gasteiger partial charge in [0.05, 0.1) is 19.3 Å². The van der Waals surface area contributed by atoms with Crippen LogP contribution in [0.5, 0.6) is 0 Å². The molecule has 2 atom stereocenters. The van der Waals surface area contributed by atoms with E-state index in [0.717, 1.165) is 0 Å². The van der Waals surface area contributed by atoms with Crippen LogP contribution < -0.4 is 0 Å². The molecule has 0 aromatic heterocycles. The zero-order chi connectivity index (χ0) is 9.56. The summed E-state index contributed by atoms with van der Waals surface area (Å²) in [5, 5.41) is 8.51. The maximum Gasteiger partial charge on any atom is 0.155 e. The first-order valence-corrected chi connectivity index (χ1v) is 4.64. The number of aliphatic hydroxyl groups is 1. The second kappa shape index (κ2) is 6.71. The Balaban J connectivity index is 3.36. The molecule has 0 heterocycles. The predicted molar refractivity (Wildman–Crippen MR) is 51.5 cm³/mol. The fourth-order valence-electron chi connectivity index (χ4n) is 0.722. The minimum absolute atomic E-state index is 0.0253. The molecule has 3 nitrogen and oxygen atoms in total. The summed E-state index contributed by atoms with van der Waals surface area (Å²) < 4.78 is 10.6. The Labute approximate surface area is 79.5 Å². The van der Waals surface area contributed by atoms with E-state index in [1.165, 1.54) is 0 Å². The highest BCUT2D eigenvalue weighted by molar-refractivity contribution is 7.81. The second-order valence-electron chi connectivity index (χ2n) is 2.92. The Kier molecular flexibility index (Phi) is 6.84. The van der Waals surface area contributed by atoms with E-state index >= 15 is 0 Å². The first-order valence-electron chi connectivity index (χ1n) is 4.12. The average Bonchev–Trinajstić information content (AvgIpc) is 1.99. The van der Waals surface area contributed by atoms with Gasteiger partial charge in [-0.05, 0) is 20.8 Å². The molecule has 2 unspecified atom stereocenters. The topological polar surface area (TPSA) is 38.7 Å². The van der Waals surface area contributed by atoms with Crippen LogP contribution in [0.3, 0.4) is 0 Å². The minimum Gasteiger partial charge on any atom is -0.395 e. The monoisotopic (exact) mass is 194 g/mol. The van der Waals surface area contributed by atoms with Crippen molar-refractivity contribution in [2.45, 2.75) is 38.4 Å². The largest absolute Gasteiger partial charge is 0.395 e. The SMILES string of the molecule is CC(C)OC(C)OCC(S)CO. The van der Waals surface area contributed by atoms with Gasteiger partial charge in [-0.3, -0.25) is 0 Å². The lowest BCUT2D eigenvalue weighted by Gasteiger charge is -2.18. The van der Waals surface area contributed by atoms with E-state index in [1.807, 2.05) is 20.8 Å². The highest BCUT2D eigenvalue weighted by atomic mass is 32.1. The van der Waals surface area contributed by atoms with Gasteiger partial charge in [-0.2, -0.15) is 12.6 Å². The number of rotatable bonds is 6. The Bertz CT molecular complexity index is 108. The van der Waals surface area contributed by atoms with E-state index in [-0.39, 0.29) is 24.3 Å². The maximum atomic E-state index is 8.63.